The number of hydrogen-bond acceptors (Lipinski definition) is 7. The van der Waals surface area contributed by atoms with Gasteiger partial charge in [0.25, 0.3) is 11.6 Å². The maximum atomic E-state index is 12.9. The molecule has 0 radical (unpaired) electrons. The number of amides is 1. The number of carbonyl (C=O) groups is 1. The van der Waals surface area contributed by atoms with Crippen LogP contribution in [0.15, 0.2) is 22.7 Å². The molecule has 1 saturated carbocycles. The van der Waals surface area contributed by atoms with E-state index >= 15 is 0 Å². The molecule has 1 saturated heterocycles. The number of aromatic nitrogens is 2. The van der Waals surface area contributed by atoms with Crippen LogP contribution in [-0.4, -0.2) is 34.1 Å². The minimum absolute atomic E-state index is 0.0188. The maximum Gasteiger partial charge on any atom is 0.293 e. The highest BCUT2D eigenvalue weighted by atomic mass is 16.6. The second kappa shape index (κ2) is 7.81. The fourth-order valence-corrected chi connectivity index (χ4v) is 3.66. The molecule has 0 spiro atoms. The Hall–Kier alpha value is -2.97. The second-order valence-electron chi connectivity index (χ2n) is 8.11. The number of nitro groups is 1. The van der Waals surface area contributed by atoms with Crippen LogP contribution < -0.4 is 10.2 Å². The standard InChI is InChI=1S/C20H25N5O4/c1-12(2)17(20-22-18(23-29-20)13-5-6-13)21-19(26)14-7-8-15(16(11-14)25(27)28)24-9-3-4-10-24/h7-8,11-13,17H,3-6,9-10H2,1-2H3,(H,21,26). The van der Waals surface area contributed by atoms with Gasteiger partial charge in [0.15, 0.2) is 5.82 Å². The molecule has 1 amide bonds. The van der Waals surface area contributed by atoms with Gasteiger partial charge in [-0.15, -0.1) is 0 Å². The third-order valence-electron chi connectivity index (χ3n) is 5.50. The van der Waals surface area contributed by atoms with E-state index < -0.39 is 16.9 Å². The van der Waals surface area contributed by atoms with Crippen LogP contribution in [-0.2, 0) is 0 Å². The summed E-state index contributed by atoms with van der Waals surface area (Å²) < 4.78 is 5.38. The first-order valence-electron chi connectivity index (χ1n) is 10.1. The lowest BCUT2D eigenvalue weighted by Gasteiger charge is -2.20. The van der Waals surface area contributed by atoms with Crippen molar-refractivity contribution >= 4 is 17.3 Å². The fraction of sp³-hybridized carbons (Fsp3) is 0.550. The van der Waals surface area contributed by atoms with Crippen LogP contribution in [0.3, 0.4) is 0 Å². The molecule has 9 nitrogen and oxygen atoms in total. The van der Waals surface area contributed by atoms with Gasteiger partial charge in [0, 0.05) is 30.6 Å². The SMILES string of the molecule is CC(C)C(NC(=O)c1ccc(N2CCCC2)c([N+](=O)[O-])c1)c1nc(C2CC2)no1. The van der Waals surface area contributed by atoms with E-state index in [2.05, 4.69) is 15.5 Å². The van der Waals surface area contributed by atoms with Gasteiger partial charge >= 0.3 is 0 Å². The summed E-state index contributed by atoms with van der Waals surface area (Å²) in [6.07, 6.45) is 4.15. The van der Waals surface area contributed by atoms with Crippen molar-refractivity contribution in [1.82, 2.24) is 15.5 Å². The molecule has 29 heavy (non-hydrogen) atoms. The van der Waals surface area contributed by atoms with Crippen molar-refractivity contribution in [2.24, 2.45) is 5.92 Å². The Labute approximate surface area is 168 Å². The van der Waals surface area contributed by atoms with Crippen molar-refractivity contribution in [3.05, 3.63) is 45.6 Å². The van der Waals surface area contributed by atoms with Crippen molar-refractivity contribution in [3.63, 3.8) is 0 Å². The van der Waals surface area contributed by atoms with Gasteiger partial charge in [0.05, 0.1) is 4.92 Å². The minimum atomic E-state index is -0.459. The Morgan fingerprint density at radius 3 is 2.66 bits per heavy atom. The van der Waals surface area contributed by atoms with Crippen molar-refractivity contribution in [1.29, 1.82) is 0 Å². The highest BCUT2D eigenvalue weighted by Crippen LogP contribution is 2.39. The molecule has 154 valence electrons. The van der Waals surface area contributed by atoms with Gasteiger partial charge in [0.1, 0.15) is 11.7 Å². The molecule has 1 aliphatic heterocycles. The van der Waals surface area contributed by atoms with Crippen LogP contribution in [0.1, 0.15) is 73.6 Å². The molecule has 9 heteroatoms. The van der Waals surface area contributed by atoms with E-state index in [4.69, 9.17) is 4.52 Å². The zero-order valence-electron chi connectivity index (χ0n) is 16.6. The molecule has 2 aliphatic rings. The Morgan fingerprint density at radius 2 is 2.03 bits per heavy atom. The fourth-order valence-electron chi connectivity index (χ4n) is 3.66. The van der Waals surface area contributed by atoms with Crippen molar-refractivity contribution in [3.8, 4) is 0 Å². The third kappa shape index (κ3) is 4.08. The highest BCUT2D eigenvalue weighted by molar-refractivity contribution is 5.96. The molecule has 2 aromatic rings. The smallest absolute Gasteiger partial charge is 0.293 e. The second-order valence-corrected chi connectivity index (χ2v) is 8.11. The number of hydrogen-bond donors (Lipinski definition) is 1. The van der Waals surface area contributed by atoms with Crippen molar-refractivity contribution in [2.75, 3.05) is 18.0 Å². The van der Waals surface area contributed by atoms with Gasteiger partial charge in [-0.1, -0.05) is 19.0 Å². The van der Waals surface area contributed by atoms with E-state index in [1.807, 2.05) is 18.7 Å². The van der Waals surface area contributed by atoms with Gasteiger partial charge in [0.2, 0.25) is 5.89 Å². The van der Waals surface area contributed by atoms with E-state index in [-0.39, 0.29) is 17.2 Å². The summed E-state index contributed by atoms with van der Waals surface area (Å²) >= 11 is 0. The predicted octanol–water partition coefficient (Wildman–Crippen LogP) is 3.58. The lowest BCUT2D eigenvalue weighted by molar-refractivity contribution is -0.384. The average Bonchev–Trinajstić information content (AvgIpc) is 3.19. The van der Waals surface area contributed by atoms with E-state index in [1.54, 1.807) is 12.1 Å². The molecule has 1 aromatic heterocycles. The number of benzene rings is 1. The van der Waals surface area contributed by atoms with Gasteiger partial charge in [-0.3, -0.25) is 14.9 Å². The maximum absolute atomic E-state index is 12.9. The Kier molecular flexibility index (Phi) is 5.21. The monoisotopic (exact) mass is 399 g/mol. The Balaban J connectivity index is 1.55. The molecule has 1 aliphatic carbocycles. The number of anilines is 1. The van der Waals surface area contributed by atoms with Crippen LogP contribution >= 0.6 is 0 Å². The summed E-state index contributed by atoms with van der Waals surface area (Å²) in [6.45, 7) is 5.49. The summed E-state index contributed by atoms with van der Waals surface area (Å²) in [5, 5.41) is 18.5. The van der Waals surface area contributed by atoms with Crippen LogP contribution in [0.5, 0.6) is 0 Å². The van der Waals surface area contributed by atoms with Crippen LogP contribution in [0, 0.1) is 16.0 Å². The zero-order valence-corrected chi connectivity index (χ0v) is 16.6. The first kappa shape index (κ1) is 19.4. The van der Waals surface area contributed by atoms with Gasteiger partial charge in [-0.2, -0.15) is 4.98 Å². The molecule has 2 heterocycles. The summed E-state index contributed by atoms with van der Waals surface area (Å²) in [7, 11) is 0. The summed E-state index contributed by atoms with van der Waals surface area (Å²) in [5.41, 5.74) is 0.761. The molecule has 1 atom stereocenters. The third-order valence-corrected chi connectivity index (χ3v) is 5.50. The van der Waals surface area contributed by atoms with Crippen molar-refractivity contribution in [2.45, 2.75) is 51.5 Å². The number of nitrogens with one attached hydrogen (secondary N) is 1. The van der Waals surface area contributed by atoms with E-state index in [0.717, 1.165) is 38.8 Å². The first-order chi connectivity index (χ1) is 13.9. The lowest BCUT2D eigenvalue weighted by atomic mass is 10.0. The Bertz CT molecular complexity index is 915. The normalized spacial score (nSPS) is 17.6. The largest absolute Gasteiger partial charge is 0.366 e. The molecule has 1 aromatic carbocycles. The van der Waals surface area contributed by atoms with E-state index in [1.165, 1.54) is 6.07 Å². The van der Waals surface area contributed by atoms with Gasteiger partial charge in [-0.25, -0.2) is 0 Å². The zero-order chi connectivity index (χ0) is 20.5. The first-order valence-corrected chi connectivity index (χ1v) is 10.1. The topological polar surface area (TPSA) is 114 Å². The lowest BCUT2D eigenvalue weighted by Crippen LogP contribution is -2.32. The minimum Gasteiger partial charge on any atom is -0.366 e. The summed E-state index contributed by atoms with van der Waals surface area (Å²) in [5.74, 6) is 1.04. The molecule has 4 rings (SSSR count). The summed E-state index contributed by atoms with van der Waals surface area (Å²) in [6, 6.07) is 4.20. The average molecular weight is 399 g/mol. The predicted molar refractivity (Wildman–Crippen MR) is 106 cm³/mol. The van der Waals surface area contributed by atoms with Crippen LogP contribution in [0.2, 0.25) is 0 Å². The van der Waals surface area contributed by atoms with E-state index in [9.17, 15) is 14.9 Å². The Morgan fingerprint density at radius 1 is 1.31 bits per heavy atom. The molecule has 2 fully saturated rings. The summed E-state index contributed by atoms with van der Waals surface area (Å²) in [4.78, 5) is 30.5. The van der Waals surface area contributed by atoms with Crippen LogP contribution in [0.25, 0.3) is 0 Å². The van der Waals surface area contributed by atoms with Gasteiger partial charge in [-0.05, 0) is 43.7 Å². The number of rotatable bonds is 7. The number of carbonyl (C=O) groups excluding carboxylic acids is 1. The number of nitrogens with zero attached hydrogens (tertiary/aromatic N) is 4. The molecule has 1 N–H and O–H groups in total. The van der Waals surface area contributed by atoms with Crippen LogP contribution in [0.4, 0.5) is 11.4 Å². The van der Waals surface area contributed by atoms with E-state index in [0.29, 0.717) is 23.3 Å². The molecule has 1 unspecified atom stereocenters. The molecule has 0 bridgehead atoms. The van der Waals surface area contributed by atoms with Crippen molar-refractivity contribution < 1.29 is 14.2 Å². The molecular weight excluding hydrogens is 374 g/mol. The quantitative estimate of drug-likeness (QED) is 0.559. The molecular formula is C20H25N5O4. The number of nitro benzene ring substituents is 1. The van der Waals surface area contributed by atoms with Gasteiger partial charge < -0.3 is 14.7 Å². The highest BCUT2D eigenvalue weighted by Gasteiger charge is 2.32.